The average Bonchev–Trinajstić information content (AvgIpc) is 2.18. The third-order valence-corrected chi connectivity index (χ3v) is 2.54. The van der Waals surface area contributed by atoms with E-state index in [1.54, 1.807) is 13.3 Å². The molecule has 0 aliphatic heterocycles. The molecule has 2 N–H and O–H groups in total. The molecular formula is C10H15ClN2O. The molecule has 0 fully saturated rings. The molecule has 0 radical (unpaired) electrons. The maximum Gasteiger partial charge on any atom is 0.137 e. The summed E-state index contributed by atoms with van der Waals surface area (Å²) >= 11 is 0. The number of halogens is 1. The molecule has 0 saturated heterocycles. The number of pyridine rings is 1. The largest absolute Gasteiger partial charge is 0.495 e. The monoisotopic (exact) mass is 214 g/mol. The summed E-state index contributed by atoms with van der Waals surface area (Å²) in [5.74, 6) is 0.802. The van der Waals surface area contributed by atoms with E-state index in [1.807, 2.05) is 6.07 Å². The predicted octanol–water partition coefficient (Wildman–Crippen LogP) is 1.85. The zero-order valence-electron chi connectivity index (χ0n) is 8.19. The fourth-order valence-electron chi connectivity index (χ4n) is 1.78. The van der Waals surface area contributed by atoms with Gasteiger partial charge in [-0.2, -0.15) is 0 Å². The number of hydrogen-bond donors (Lipinski definition) is 1. The molecule has 1 aliphatic rings. The van der Waals surface area contributed by atoms with E-state index < -0.39 is 0 Å². The first-order valence-electron chi connectivity index (χ1n) is 4.59. The van der Waals surface area contributed by atoms with E-state index in [1.165, 1.54) is 0 Å². The van der Waals surface area contributed by atoms with Crippen molar-refractivity contribution in [2.75, 3.05) is 7.11 Å². The predicted molar refractivity (Wildman–Crippen MR) is 57.9 cm³/mol. The zero-order valence-corrected chi connectivity index (χ0v) is 9.01. The summed E-state index contributed by atoms with van der Waals surface area (Å²) in [5.41, 5.74) is 8.27. The number of ether oxygens (including phenoxy) is 1. The van der Waals surface area contributed by atoms with Crippen LogP contribution in [0.15, 0.2) is 12.3 Å². The fraction of sp³-hybridized carbons (Fsp3) is 0.500. The second-order valence-electron chi connectivity index (χ2n) is 3.41. The normalized spacial score (nSPS) is 19.4. The molecule has 0 spiro atoms. The maximum absolute atomic E-state index is 5.97. The summed E-state index contributed by atoms with van der Waals surface area (Å²) in [7, 11) is 1.65. The Labute approximate surface area is 90.1 Å². The quantitative estimate of drug-likeness (QED) is 0.776. The summed E-state index contributed by atoms with van der Waals surface area (Å²) in [6.45, 7) is 0. The SMILES string of the molecule is COc1cnc2c(c1)[C@@H](N)CCC2.Cl. The molecule has 1 aromatic rings. The van der Waals surface area contributed by atoms with Crippen LogP contribution in [0, 0.1) is 0 Å². The minimum atomic E-state index is 0. The van der Waals surface area contributed by atoms with Gasteiger partial charge in [-0.05, 0) is 30.9 Å². The van der Waals surface area contributed by atoms with E-state index in [9.17, 15) is 0 Å². The first-order valence-corrected chi connectivity index (χ1v) is 4.59. The maximum atomic E-state index is 5.97. The minimum absolute atomic E-state index is 0. The van der Waals surface area contributed by atoms with Crippen molar-refractivity contribution in [1.29, 1.82) is 0 Å². The lowest BCUT2D eigenvalue weighted by Crippen LogP contribution is -2.18. The number of rotatable bonds is 1. The molecule has 14 heavy (non-hydrogen) atoms. The van der Waals surface area contributed by atoms with Gasteiger partial charge in [-0.3, -0.25) is 4.98 Å². The van der Waals surface area contributed by atoms with Gasteiger partial charge in [0.25, 0.3) is 0 Å². The Bertz CT molecular complexity index is 317. The molecule has 4 heteroatoms. The highest BCUT2D eigenvalue weighted by Gasteiger charge is 2.18. The highest BCUT2D eigenvalue weighted by molar-refractivity contribution is 5.85. The summed E-state index contributed by atoms with van der Waals surface area (Å²) in [4.78, 5) is 4.34. The molecule has 0 aromatic carbocycles. The third kappa shape index (κ3) is 1.99. The van der Waals surface area contributed by atoms with Gasteiger partial charge >= 0.3 is 0 Å². The highest BCUT2D eigenvalue weighted by Crippen LogP contribution is 2.28. The lowest BCUT2D eigenvalue weighted by Gasteiger charge is -2.21. The number of nitrogens with zero attached hydrogens (tertiary/aromatic N) is 1. The molecule has 1 atom stereocenters. The number of aromatic nitrogens is 1. The van der Waals surface area contributed by atoms with Gasteiger partial charge in [-0.15, -0.1) is 12.4 Å². The molecule has 0 bridgehead atoms. The summed E-state index contributed by atoms with van der Waals surface area (Å²) in [6, 6.07) is 2.15. The molecule has 1 aliphatic carbocycles. The van der Waals surface area contributed by atoms with E-state index in [2.05, 4.69) is 4.98 Å². The Morgan fingerprint density at radius 3 is 3.07 bits per heavy atom. The van der Waals surface area contributed by atoms with Gasteiger partial charge in [0.15, 0.2) is 0 Å². The lowest BCUT2D eigenvalue weighted by atomic mass is 9.92. The van der Waals surface area contributed by atoms with Crippen LogP contribution < -0.4 is 10.5 Å². The number of hydrogen-bond acceptors (Lipinski definition) is 3. The molecule has 78 valence electrons. The van der Waals surface area contributed by atoms with Crippen LogP contribution in [0.3, 0.4) is 0 Å². The van der Waals surface area contributed by atoms with Gasteiger partial charge < -0.3 is 10.5 Å². The van der Waals surface area contributed by atoms with Crippen LogP contribution >= 0.6 is 12.4 Å². The second kappa shape index (κ2) is 4.62. The molecule has 1 aromatic heterocycles. The number of nitrogens with two attached hydrogens (primary N) is 1. The Morgan fingerprint density at radius 1 is 1.57 bits per heavy atom. The van der Waals surface area contributed by atoms with Crippen LogP contribution in [0.2, 0.25) is 0 Å². The zero-order chi connectivity index (χ0) is 9.26. The highest BCUT2D eigenvalue weighted by atomic mass is 35.5. The first-order chi connectivity index (χ1) is 6.31. The van der Waals surface area contributed by atoms with Crippen LogP contribution in [0.25, 0.3) is 0 Å². The summed E-state index contributed by atoms with van der Waals surface area (Å²) < 4.78 is 5.11. The van der Waals surface area contributed by atoms with E-state index in [4.69, 9.17) is 10.5 Å². The van der Waals surface area contributed by atoms with Gasteiger partial charge in [0.2, 0.25) is 0 Å². The Hall–Kier alpha value is -0.800. The van der Waals surface area contributed by atoms with Gasteiger partial charge in [0.1, 0.15) is 5.75 Å². The third-order valence-electron chi connectivity index (χ3n) is 2.54. The van der Waals surface area contributed by atoms with Crippen molar-refractivity contribution in [3.8, 4) is 5.75 Å². The van der Waals surface area contributed by atoms with Crippen LogP contribution in [-0.4, -0.2) is 12.1 Å². The van der Waals surface area contributed by atoms with Gasteiger partial charge in [-0.1, -0.05) is 0 Å². The fourth-order valence-corrected chi connectivity index (χ4v) is 1.78. The minimum Gasteiger partial charge on any atom is -0.495 e. The van der Waals surface area contributed by atoms with Gasteiger partial charge in [0, 0.05) is 11.7 Å². The molecule has 0 unspecified atom stereocenters. The molecule has 3 nitrogen and oxygen atoms in total. The van der Waals surface area contributed by atoms with Crippen molar-refractivity contribution in [1.82, 2.24) is 4.98 Å². The van der Waals surface area contributed by atoms with Crippen molar-refractivity contribution in [2.24, 2.45) is 5.73 Å². The number of aryl methyl sites for hydroxylation is 1. The molecule has 0 saturated carbocycles. The first kappa shape index (κ1) is 11.3. The molecule has 2 rings (SSSR count). The molecular weight excluding hydrogens is 200 g/mol. The van der Waals surface area contributed by atoms with E-state index in [0.29, 0.717) is 0 Å². The van der Waals surface area contributed by atoms with Crippen molar-refractivity contribution in [2.45, 2.75) is 25.3 Å². The van der Waals surface area contributed by atoms with Crippen molar-refractivity contribution in [3.63, 3.8) is 0 Å². The Kier molecular flexibility index (Phi) is 3.72. The van der Waals surface area contributed by atoms with E-state index in [0.717, 1.165) is 36.3 Å². The van der Waals surface area contributed by atoms with Crippen LogP contribution in [-0.2, 0) is 6.42 Å². The number of fused-ring (bicyclic) bond motifs is 1. The summed E-state index contributed by atoms with van der Waals surface area (Å²) in [6.07, 6.45) is 5.01. The van der Waals surface area contributed by atoms with Crippen molar-refractivity contribution >= 4 is 12.4 Å². The standard InChI is InChI=1S/C10H14N2O.ClH/c1-13-7-5-8-9(11)3-2-4-10(8)12-6-7;/h5-6,9H,2-4,11H2,1H3;1H/t9-;/m0./s1. The van der Waals surface area contributed by atoms with Crippen LogP contribution in [0.5, 0.6) is 5.75 Å². The Balaban J connectivity index is 0.000000980. The van der Waals surface area contributed by atoms with Crippen molar-refractivity contribution < 1.29 is 4.74 Å². The lowest BCUT2D eigenvalue weighted by molar-refractivity contribution is 0.409. The second-order valence-corrected chi connectivity index (χ2v) is 3.41. The topological polar surface area (TPSA) is 48.1 Å². The van der Waals surface area contributed by atoms with Crippen LogP contribution in [0.4, 0.5) is 0 Å². The smallest absolute Gasteiger partial charge is 0.137 e. The average molecular weight is 215 g/mol. The van der Waals surface area contributed by atoms with Gasteiger partial charge in [0.05, 0.1) is 13.3 Å². The molecule has 1 heterocycles. The van der Waals surface area contributed by atoms with E-state index in [-0.39, 0.29) is 18.4 Å². The summed E-state index contributed by atoms with van der Waals surface area (Å²) in [5, 5.41) is 0. The molecule has 0 amide bonds. The Morgan fingerprint density at radius 2 is 2.36 bits per heavy atom. The van der Waals surface area contributed by atoms with Gasteiger partial charge in [-0.25, -0.2) is 0 Å². The van der Waals surface area contributed by atoms with E-state index >= 15 is 0 Å². The van der Waals surface area contributed by atoms with Crippen molar-refractivity contribution in [3.05, 3.63) is 23.5 Å². The number of methoxy groups -OCH3 is 1. The van der Waals surface area contributed by atoms with Crippen LogP contribution in [0.1, 0.15) is 30.1 Å².